The van der Waals surface area contributed by atoms with Crippen LogP contribution in [0.25, 0.3) is 12.2 Å². The lowest BCUT2D eigenvalue weighted by atomic mass is 10.1. The molecule has 0 heterocycles. The first-order valence-electron chi connectivity index (χ1n) is 20.1. The van der Waals surface area contributed by atoms with E-state index in [-0.39, 0.29) is 0 Å². The molecule has 4 heteroatoms. The van der Waals surface area contributed by atoms with Crippen LogP contribution in [0, 0.1) is 23.7 Å². The number of rotatable bonds is 13. The summed E-state index contributed by atoms with van der Waals surface area (Å²) in [4.78, 5) is 0. The van der Waals surface area contributed by atoms with Crippen LogP contribution in [0.5, 0.6) is 0 Å². The van der Waals surface area contributed by atoms with Crippen LogP contribution in [0.15, 0.2) is 109 Å². The zero-order valence-corrected chi connectivity index (χ0v) is 31.6. The molecule has 0 spiro atoms. The Morgan fingerprint density at radius 2 is 1.02 bits per heavy atom. The van der Waals surface area contributed by atoms with Crippen LogP contribution in [0.1, 0.15) is 119 Å². The van der Waals surface area contributed by atoms with Gasteiger partial charge in [0, 0.05) is 22.7 Å². The fourth-order valence-electron chi connectivity index (χ4n) is 6.72. The van der Waals surface area contributed by atoms with Crippen molar-refractivity contribution in [1.82, 2.24) is 0 Å². The Morgan fingerprint density at radius 1 is 0.538 bits per heavy atom. The van der Waals surface area contributed by atoms with E-state index in [1.807, 2.05) is 60.7 Å². The minimum Gasteiger partial charge on any atom is -0.399 e. The van der Waals surface area contributed by atoms with Crippen LogP contribution >= 0.6 is 0 Å². The van der Waals surface area contributed by atoms with Crippen molar-refractivity contribution in [2.24, 2.45) is 23.7 Å². The van der Waals surface area contributed by atoms with Gasteiger partial charge < -0.3 is 22.9 Å². The van der Waals surface area contributed by atoms with Crippen molar-refractivity contribution in [3.63, 3.8) is 0 Å². The van der Waals surface area contributed by atoms with Crippen LogP contribution in [0.3, 0.4) is 0 Å². The molecular formula is C48H64N4. The van der Waals surface area contributed by atoms with E-state index in [0.29, 0.717) is 0 Å². The summed E-state index contributed by atoms with van der Waals surface area (Å²) in [5.74, 6) is 4.64. The lowest BCUT2D eigenvalue weighted by molar-refractivity contribution is 0.667. The Balaban J connectivity index is 0.000000134. The summed E-state index contributed by atoms with van der Waals surface area (Å²) in [5, 5.41) is 0. The van der Waals surface area contributed by atoms with Gasteiger partial charge in [-0.05, 0) is 134 Å². The molecule has 0 bridgehead atoms. The van der Waals surface area contributed by atoms with Gasteiger partial charge in [-0.25, -0.2) is 0 Å². The number of anilines is 4. The smallest absolute Gasteiger partial charge is 0.0387 e. The fourth-order valence-corrected chi connectivity index (χ4v) is 6.72. The average Bonchev–Trinajstić information content (AvgIpc) is 3.94. The summed E-state index contributed by atoms with van der Waals surface area (Å²) in [5.41, 5.74) is 32.0. The first kappa shape index (κ1) is 38.8. The fraction of sp³-hybridized carbons (Fsp3) is 0.417. The minimum atomic E-state index is 0.765. The van der Waals surface area contributed by atoms with E-state index in [9.17, 15) is 0 Å². The van der Waals surface area contributed by atoms with E-state index in [4.69, 9.17) is 22.9 Å². The number of nitrogen functional groups attached to an aromatic ring is 4. The van der Waals surface area contributed by atoms with Gasteiger partial charge in [0.2, 0.25) is 0 Å². The van der Waals surface area contributed by atoms with Crippen molar-refractivity contribution in [1.29, 1.82) is 0 Å². The van der Waals surface area contributed by atoms with Gasteiger partial charge in [-0.15, -0.1) is 0 Å². The molecule has 4 saturated carbocycles. The van der Waals surface area contributed by atoms with E-state index in [2.05, 4.69) is 67.6 Å². The highest BCUT2D eigenvalue weighted by Gasteiger charge is 2.38. The van der Waals surface area contributed by atoms with E-state index < -0.39 is 0 Å². The number of aryl methyl sites for hydroxylation is 1. The molecule has 0 aromatic heterocycles. The Bertz CT molecular complexity index is 1630. The Morgan fingerprint density at radius 3 is 1.50 bits per heavy atom. The molecule has 52 heavy (non-hydrogen) atoms. The first-order chi connectivity index (χ1) is 25.4. The molecule has 276 valence electrons. The van der Waals surface area contributed by atoms with Crippen LogP contribution < -0.4 is 22.9 Å². The van der Waals surface area contributed by atoms with Crippen LogP contribution in [0.4, 0.5) is 22.7 Å². The summed E-state index contributed by atoms with van der Waals surface area (Å²) < 4.78 is 0. The number of benzene rings is 4. The maximum absolute atomic E-state index is 5.92. The standard InChI is InChI=1S/2C12H17N.2C12H15N/c1-2-5-9-8-11(9)10-6-3-4-7-12(10)13;3*13-12-7-2-1-5-11(12)6-3-4-10-8-9-10/h3-4,6-7,9,11H,2,5,8,13H2,1H3;1-2,5,7,10H,3-4,6,8-9,13H2;2*1-3,5-7,10H,4,8-9,13H2/b;;6-3+;6-3-. The van der Waals surface area contributed by atoms with Crippen molar-refractivity contribution < 1.29 is 0 Å². The highest BCUT2D eigenvalue weighted by molar-refractivity contribution is 5.64. The van der Waals surface area contributed by atoms with E-state index >= 15 is 0 Å². The van der Waals surface area contributed by atoms with E-state index in [1.54, 1.807) is 0 Å². The molecule has 4 aromatic carbocycles. The maximum atomic E-state index is 5.92. The Kier molecular flexibility index (Phi) is 15.3. The third-order valence-corrected chi connectivity index (χ3v) is 10.7. The highest BCUT2D eigenvalue weighted by atomic mass is 14.6. The lowest BCUT2D eigenvalue weighted by Crippen LogP contribution is -1.94. The summed E-state index contributed by atoms with van der Waals surface area (Å²) >= 11 is 0. The van der Waals surface area contributed by atoms with Gasteiger partial charge in [0.1, 0.15) is 0 Å². The summed E-state index contributed by atoms with van der Waals surface area (Å²) in [6.07, 6.45) is 27.6. The minimum absolute atomic E-state index is 0.765. The van der Waals surface area contributed by atoms with Crippen molar-refractivity contribution in [3.8, 4) is 0 Å². The molecular weight excluding hydrogens is 633 g/mol. The molecule has 4 nitrogen and oxygen atoms in total. The zero-order valence-electron chi connectivity index (χ0n) is 31.6. The molecule has 4 aliphatic carbocycles. The normalized spacial score (nSPS) is 18.8. The molecule has 0 radical (unpaired) electrons. The van der Waals surface area contributed by atoms with Crippen LogP contribution in [-0.2, 0) is 6.42 Å². The quantitative estimate of drug-likeness (QED) is 0.104. The predicted molar refractivity (Wildman–Crippen MR) is 228 cm³/mol. The van der Waals surface area contributed by atoms with Crippen LogP contribution in [-0.4, -0.2) is 0 Å². The van der Waals surface area contributed by atoms with Crippen molar-refractivity contribution in [3.05, 3.63) is 131 Å². The monoisotopic (exact) mass is 697 g/mol. The van der Waals surface area contributed by atoms with Gasteiger partial charge in [0.25, 0.3) is 0 Å². The number of hydrogen-bond acceptors (Lipinski definition) is 4. The molecule has 0 amide bonds. The molecule has 4 fully saturated rings. The van der Waals surface area contributed by atoms with Crippen molar-refractivity contribution in [2.75, 3.05) is 22.9 Å². The molecule has 0 saturated heterocycles. The molecule has 8 N–H and O–H groups in total. The first-order valence-corrected chi connectivity index (χ1v) is 20.1. The molecule has 0 aliphatic heterocycles. The third-order valence-electron chi connectivity index (χ3n) is 10.7. The Hall–Kier alpha value is -4.44. The van der Waals surface area contributed by atoms with Gasteiger partial charge in [-0.2, -0.15) is 0 Å². The number of allylic oxidation sites excluding steroid dienone is 2. The molecule has 8 rings (SSSR count). The highest BCUT2D eigenvalue weighted by Crippen LogP contribution is 2.51. The van der Waals surface area contributed by atoms with Crippen molar-refractivity contribution in [2.45, 2.75) is 103 Å². The second-order valence-corrected chi connectivity index (χ2v) is 15.5. The summed E-state index contributed by atoms with van der Waals surface area (Å²) in [7, 11) is 0. The Labute approximate surface area is 314 Å². The van der Waals surface area contributed by atoms with E-state index in [0.717, 1.165) is 69.9 Å². The van der Waals surface area contributed by atoms with Gasteiger partial charge in [0.05, 0.1) is 0 Å². The number of hydrogen-bond donors (Lipinski definition) is 4. The van der Waals surface area contributed by atoms with E-state index in [1.165, 1.54) is 94.6 Å². The predicted octanol–water partition coefficient (Wildman–Crippen LogP) is 12.3. The zero-order chi connectivity index (χ0) is 36.5. The number of nitrogens with two attached hydrogens (primary N) is 4. The summed E-state index contributed by atoms with van der Waals surface area (Å²) in [6.45, 7) is 2.25. The second-order valence-electron chi connectivity index (χ2n) is 15.5. The van der Waals surface area contributed by atoms with Crippen molar-refractivity contribution >= 4 is 34.9 Å². The van der Waals surface area contributed by atoms with Gasteiger partial charge in [-0.3, -0.25) is 0 Å². The second kappa shape index (κ2) is 20.6. The van der Waals surface area contributed by atoms with Crippen LogP contribution in [0.2, 0.25) is 0 Å². The molecule has 4 aliphatic rings. The maximum Gasteiger partial charge on any atom is 0.0387 e. The third kappa shape index (κ3) is 14.3. The lowest BCUT2D eigenvalue weighted by Gasteiger charge is -2.03. The SMILES string of the molecule is CCCC1CC1c1ccccc1N.Nc1ccccc1/C=C/CC1CC1.Nc1ccccc1/C=C\CC1CC1.Nc1ccccc1CCCC1CC1. The molecule has 4 aromatic rings. The summed E-state index contributed by atoms with van der Waals surface area (Å²) in [6, 6.07) is 32.5. The van der Waals surface area contributed by atoms with Gasteiger partial charge in [0.15, 0.2) is 0 Å². The molecule has 2 atom stereocenters. The topological polar surface area (TPSA) is 104 Å². The number of para-hydroxylation sites is 4. The molecule has 2 unspecified atom stereocenters. The largest absolute Gasteiger partial charge is 0.399 e. The average molecular weight is 697 g/mol. The van der Waals surface area contributed by atoms with Gasteiger partial charge >= 0.3 is 0 Å². The van der Waals surface area contributed by atoms with Gasteiger partial charge in [-0.1, -0.05) is 136 Å².